The Balaban J connectivity index is 2.44. The first kappa shape index (κ1) is 22.0. The summed E-state index contributed by atoms with van der Waals surface area (Å²) in [4.78, 5) is 24.5. The number of rotatable bonds is 3. The number of aromatic nitrogens is 4. The van der Waals surface area contributed by atoms with Gasteiger partial charge in [0.05, 0.1) is 39.7 Å². The summed E-state index contributed by atoms with van der Waals surface area (Å²) in [5.74, 6) is 0. The molecule has 162 valence electrons. The molecule has 2 heterocycles. The van der Waals surface area contributed by atoms with Crippen molar-refractivity contribution in [3.63, 3.8) is 0 Å². The van der Waals surface area contributed by atoms with Gasteiger partial charge in [-0.15, -0.1) is 13.2 Å². The van der Waals surface area contributed by atoms with Crippen LogP contribution < -0.4 is 11.2 Å². The van der Waals surface area contributed by atoms with Crippen molar-refractivity contribution in [1.29, 1.82) is 5.26 Å². The lowest BCUT2D eigenvalue weighted by molar-refractivity contribution is -0.208. The van der Waals surface area contributed by atoms with Gasteiger partial charge in [-0.2, -0.15) is 10.4 Å². The summed E-state index contributed by atoms with van der Waals surface area (Å²) in [6.45, 7) is 0.958. The third kappa shape index (κ3) is 3.66. The van der Waals surface area contributed by atoms with Gasteiger partial charge in [0.15, 0.2) is 9.84 Å². The fourth-order valence-corrected chi connectivity index (χ4v) is 4.02. The van der Waals surface area contributed by atoms with E-state index in [0.29, 0.717) is 4.57 Å². The van der Waals surface area contributed by atoms with E-state index in [0.717, 1.165) is 31.0 Å². The number of hydrogen-bond acceptors (Lipinski definition) is 6. The number of alkyl halides is 3. The molecule has 0 unspecified atom stereocenters. The Bertz CT molecular complexity index is 1470. The molecule has 0 aliphatic carbocycles. The third-order valence-corrected chi connectivity index (χ3v) is 5.69. The highest BCUT2D eigenvalue weighted by Gasteiger charge is 2.36. The number of nitriles is 1. The summed E-state index contributed by atoms with van der Waals surface area (Å²) < 4.78 is 65.8. The van der Waals surface area contributed by atoms with Crippen LogP contribution in [0.2, 0.25) is 0 Å². The summed E-state index contributed by atoms with van der Waals surface area (Å²) in [6, 6.07) is 6.68. The van der Waals surface area contributed by atoms with Gasteiger partial charge in [0.1, 0.15) is 0 Å². The van der Waals surface area contributed by atoms with Crippen LogP contribution in [0.25, 0.3) is 16.9 Å². The average molecular weight is 453 g/mol. The van der Waals surface area contributed by atoms with Crippen molar-refractivity contribution in [3.8, 4) is 23.0 Å². The van der Waals surface area contributed by atoms with E-state index in [2.05, 4.69) is 5.10 Å². The van der Waals surface area contributed by atoms with Crippen LogP contribution in [0.3, 0.4) is 0 Å². The number of benzene rings is 1. The predicted octanol–water partition coefficient (Wildman–Crippen LogP) is 1.46. The smallest absolute Gasteiger partial charge is 0.268 e. The molecule has 0 aliphatic rings. The van der Waals surface area contributed by atoms with Gasteiger partial charge >= 0.3 is 12.0 Å². The van der Waals surface area contributed by atoms with Crippen LogP contribution >= 0.6 is 0 Å². The standard InChI is InChI=1S/C18H14F3N5O4S/c1-10-15(16(27)24(2)17(28)25(10)18(19,20)21)13-6-7-23-26(13)12-5-4-11(9-22)8-14(12)31(3,29)30/h4-8H,1-3H3. The SMILES string of the molecule is Cc1c(-c2ccnn2-c2ccc(C#N)cc2S(C)(=O)=O)c(=O)n(C)c(=O)n1C(F)(F)F. The third-order valence-electron chi connectivity index (χ3n) is 4.56. The van der Waals surface area contributed by atoms with Crippen molar-refractivity contribution < 1.29 is 21.6 Å². The number of sulfone groups is 1. The second kappa shape index (κ2) is 7.24. The summed E-state index contributed by atoms with van der Waals surface area (Å²) in [6.07, 6.45) is -3.04. The topological polar surface area (TPSA) is 120 Å². The zero-order valence-corrected chi connectivity index (χ0v) is 17.1. The molecule has 0 bridgehead atoms. The quantitative estimate of drug-likeness (QED) is 0.592. The lowest BCUT2D eigenvalue weighted by atomic mass is 10.1. The Labute approximate surface area is 173 Å². The molecule has 0 aliphatic heterocycles. The van der Waals surface area contributed by atoms with Crippen LogP contribution in [0.5, 0.6) is 0 Å². The molecule has 0 saturated carbocycles. The van der Waals surface area contributed by atoms with Gasteiger partial charge < -0.3 is 0 Å². The maximum Gasteiger partial charge on any atom is 0.492 e. The van der Waals surface area contributed by atoms with E-state index >= 15 is 0 Å². The first-order valence-electron chi connectivity index (χ1n) is 8.48. The fourth-order valence-electron chi connectivity index (χ4n) is 3.15. The molecule has 31 heavy (non-hydrogen) atoms. The molecular weight excluding hydrogens is 439 g/mol. The van der Waals surface area contributed by atoms with E-state index in [1.54, 1.807) is 6.07 Å². The van der Waals surface area contributed by atoms with Gasteiger partial charge in [0, 0.05) is 19.0 Å². The largest absolute Gasteiger partial charge is 0.492 e. The van der Waals surface area contributed by atoms with Crippen molar-refractivity contribution in [1.82, 2.24) is 18.9 Å². The van der Waals surface area contributed by atoms with Crippen LogP contribution in [-0.4, -0.2) is 33.6 Å². The maximum atomic E-state index is 13.5. The van der Waals surface area contributed by atoms with Crippen LogP contribution in [0.1, 0.15) is 11.3 Å². The Hall–Kier alpha value is -3.66. The van der Waals surface area contributed by atoms with Crippen LogP contribution in [-0.2, 0) is 23.2 Å². The monoisotopic (exact) mass is 453 g/mol. The number of halogens is 3. The fraction of sp³-hybridized carbons (Fsp3) is 0.222. The minimum atomic E-state index is -5.10. The van der Waals surface area contributed by atoms with Crippen LogP contribution in [0.15, 0.2) is 44.9 Å². The molecule has 0 fully saturated rings. The van der Waals surface area contributed by atoms with Gasteiger partial charge in [0.25, 0.3) is 5.56 Å². The highest BCUT2D eigenvalue weighted by molar-refractivity contribution is 7.90. The van der Waals surface area contributed by atoms with E-state index in [1.807, 2.05) is 0 Å². The molecule has 3 aromatic rings. The van der Waals surface area contributed by atoms with E-state index < -0.39 is 43.2 Å². The Morgan fingerprint density at radius 3 is 2.35 bits per heavy atom. The summed E-state index contributed by atoms with van der Waals surface area (Å²) in [7, 11) is -2.99. The Kier molecular flexibility index (Phi) is 5.14. The molecule has 9 nitrogen and oxygen atoms in total. The average Bonchev–Trinajstić information content (AvgIpc) is 3.13. The highest BCUT2D eigenvalue weighted by Crippen LogP contribution is 2.29. The first-order valence-corrected chi connectivity index (χ1v) is 10.4. The molecule has 0 radical (unpaired) electrons. The van der Waals surface area contributed by atoms with E-state index in [-0.39, 0.29) is 21.8 Å². The molecule has 13 heteroatoms. The van der Waals surface area contributed by atoms with Crippen LogP contribution in [0, 0.1) is 18.3 Å². The molecule has 1 aromatic carbocycles. The van der Waals surface area contributed by atoms with Gasteiger partial charge in [-0.05, 0) is 31.2 Å². The van der Waals surface area contributed by atoms with E-state index in [1.165, 1.54) is 24.4 Å². The Morgan fingerprint density at radius 2 is 1.81 bits per heavy atom. The molecule has 0 atom stereocenters. The lowest BCUT2D eigenvalue weighted by Gasteiger charge is -2.18. The van der Waals surface area contributed by atoms with Gasteiger partial charge in [0.2, 0.25) is 0 Å². The minimum Gasteiger partial charge on any atom is -0.268 e. The molecule has 0 amide bonds. The summed E-state index contributed by atoms with van der Waals surface area (Å²) in [5.41, 5.74) is -3.95. The molecule has 0 spiro atoms. The number of nitrogens with zero attached hydrogens (tertiary/aromatic N) is 5. The number of hydrogen-bond donors (Lipinski definition) is 0. The molecule has 2 aromatic heterocycles. The lowest BCUT2D eigenvalue weighted by Crippen LogP contribution is -2.44. The Morgan fingerprint density at radius 1 is 1.16 bits per heavy atom. The molecular formula is C18H14F3N5O4S. The highest BCUT2D eigenvalue weighted by atomic mass is 32.2. The van der Waals surface area contributed by atoms with E-state index in [4.69, 9.17) is 5.26 Å². The van der Waals surface area contributed by atoms with Crippen molar-refractivity contribution in [2.45, 2.75) is 18.1 Å². The van der Waals surface area contributed by atoms with Gasteiger partial charge in [-0.3, -0.25) is 9.36 Å². The zero-order chi connectivity index (χ0) is 23.3. The first-order chi connectivity index (χ1) is 14.3. The van der Waals surface area contributed by atoms with Crippen molar-refractivity contribution >= 4 is 9.84 Å². The molecule has 3 rings (SSSR count). The zero-order valence-electron chi connectivity index (χ0n) is 16.3. The minimum absolute atomic E-state index is 0.0376. The van der Waals surface area contributed by atoms with Crippen LogP contribution in [0.4, 0.5) is 13.2 Å². The van der Waals surface area contributed by atoms with E-state index in [9.17, 15) is 31.2 Å². The van der Waals surface area contributed by atoms with Gasteiger partial charge in [-0.25, -0.2) is 22.5 Å². The molecule has 0 saturated heterocycles. The van der Waals surface area contributed by atoms with Crippen molar-refractivity contribution in [2.75, 3.05) is 6.26 Å². The van der Waals surface area contributed by atoms with Crippen molar-refractivity contribution in [2.24, 2.45) is 7.05 Å². The maximum absolute atomic E-state index is 13.5. The van der Waals surface area contributed by atoms with Crippen molar-refractivity contribution in [3.05, 3.63) is 62.6 Å². The summed E-state index contributed by atoms with van der Waals surface area (Å²) in [5, 5.41) is 13.0. The normalized spacial score (nSPS) is 12.0. The summed E-state index contributed by atoms with van der Waals surface area (Å²) >= 11 is 0. The van der Waals surface area contributed by atoms with Gasteiger partial charge in [-0.1, -0.05) is 0 Å². The predicted molar refractivity (Wildman–Crippen MR) is 102 cm³/mol. The molecule has 0 N–H and O–H groups in total. The second-order valence-electron chi connectivity index (χ2n) is 6.61. The second-order valence-corrected chi connectivity index (χ2v) is 8.59.